The van der Waals surface area contributed by atoms with E-state index < -0.39 is 10.2 Å². The molecule has 11 heteroatoms. The van der Waals surface area contributed by atoms with E-state index in [0.717, 1.165) is 0 Å². The lowest BCUT2D eigenvalue weighted by atomic mass is 10.2. The van der Waals surface area contributed by atoms with E-state index in [1.165, 1.54) is 8.61 Å². The molecule has 0 aromatic carbocycles. The number of hydrogen-bond donors (Lipinski definition) is 1. The number of nitrogens with one attached hydrogen (secondary N) is 1. The number of carbonyl (C=O) groups excluding carboxylic acids is 1. The van der Waals surface area contributed by atoms with Crippen molar-refractivity contribution in [3.8, 4) is 6.07 Å². The fourth-order valence-electron chi connectivity index (χ4n) is 3.82. The molecule has 0 saturated carbocycles. The summed E-state index contributed by atoms with van der Waals surface area (Å²) in [6.07, 6.45) is -0.277. The number of amides is 1. The van der Waals surface area contributed by atoms with Crippen LogP contribution in [-0.4, -0.2) is 85.9 Å². The average Bonchev–Trinajstić information content (AvgIpc) is 2.94. The molecule has 2 aliphatic heterocycles. The number of hydrogen-bond acceptors (Lipinski definition) is 7. The van der Waals surface area contributed by atoms with Crippen molar-refractivity contribution in [2.75, 3.05) is 51.1 Å². The van der Waals surface area contributed by atoms with E-state index in [0.29, 0.717) is 56.2 Å². The molecule has 0 aliphatic carbocycles. The summed E-state index contributed by atoms with van der Waals surface area (Å²) in [7, 11) is -3.55. The number of nitriles is 1. The standard InChI is InChI=1S/C19H29N5O5S/c1-13-10-24(11-14(2)28-13)30(26,27)23-7-5-22(6-8-23)12-18(25)21-19-17(9-20)15(3)16(4)29-19/h13-14H,5-8,10-12H2,1-4H3,(H,21,25). The number of aryl methyl sites for hydroxylation is 1. The molecule has 3 rings (SSSR count). The van der Waals surface area contributed by atoms with Crippen LogP contribution in [0.4, 0.5) is 5.88 Å². The van der Waals surface area contributed by atoms with Crippen molar-refractivity contribution in [1.29, 1.82) is 5.26 Å². The summed E-state index contributed by atoms with van der Waals surface area (Å²) in [6, 6.07) is 2.04. The summed E-state index contributed by atoms with van der Waals surface area (Å²) in [5.41, 5.74) is 1.03. The van der Waals surface area contributed by atoms with Gasteiger partial charge in [0, 0.05) is 44.8 Å². The second-order valence-electron chi connectivity index (χ2n) is 7.90. The first-order valence-electron chi connectivity index (χ1n) is 10.0. The molecule has 0 spiro atoms. The number of anilines is 1. The predicted molar refractivity (Wildman–Crippen MR) is 110 cm³/mol. The summed E-state index contributed by atoms with van der Waals surface area (Å²) in [5.74, 6) is 0.453. The molecule has 166 valence electrons. The molecular weight excluding hydrogens is 410 g/mol. The highest BCUT2D eigenvalue weighted by atomic mass is 32.2. The Morgan fingerprint density at radius 1 is 1.13 bits per heavy atom. The van der Waals surface area contributed by atoms with E-state index in [4.69, 9.17) is 9.15 Å². The van der Waals surface area contributed by atoms with E-state index in [1.807, 2.05) is 24.8 Å². The van der Waals surface area contributed by atoms with Crippen molar-refractivity contribution in [3.05, 3.63) is 16.9 Å². The maximum absolute atomic E-state index is 13.0. The van der Waals surface area contributed by atoms with Crippen molar-refractivity contribution in [2.45, 2.75) is 39.9 Å². The molecule has 30 heavy (non-hydrogen) atoms. The van der Waals surface area contributed by atoms with Crippen LogP contribution in [0.15, 0.2) is 4.42 Å². The Labute approximate surface area is 177 Å². The minimum absolute atomic E-state index is 0.100. The van der Waals surface area contributed by atoms with Crippen LogP contribution in [-0.2, 0) is 19.7 Å². The Kier molecular flexibility index (Phi) is 6.84. The zero-order chi connectivity index (χ0) is 22.1. The van der Waals surface area contributed by atoms with Gasteiger partial charge in [-0.25, -0.2) is 0 Å². The monoisotopic (exact) mass is 439 g/mol. The average molecular weight is 440 g/mol. The second kappa shape index (κ2) is 9.03. The number of morpholine rings is 1. The van der Waals surface area contributed by atoms with Gasteiger partial charge in [0.2, 0.25) is 11.8 Å². The zero-order valence-corrected chi connectivity index (χ0v) is 18.7. The van der Waals surface area contributed by atoms with Gasteiger partial charge in [-0.15, -0.1) is 0 Å². The van der Waals surface area contributed by atoms with Crippen LogP contribution in [0.25, 0.3) is 0 Å². The fourth-order valence-corrected chi connectivity index (χ4v) is 5.57. The molecule has 1 N–H and O–H groups in total. The first-order chi connectivity index (χ1) is 14.1. The maximum Gasteiger partial charge on any atom is 0.282 e. The molecule has 0 radical (unpaired) electrons. The lowest BCUT2D eigenvalue weighted by molar-refractivity contribution is -0.117. The van der Waals surface area contributed by atoms with Gasteiger partial charge in [-0.3, -0.25) is 15.0 Å². The van der Waals surface area contributed by atoms with E-state index in [9.17, 15) is 18.5 Å². The number of carbonyl (C=O) groups is 1. The quantitative estimate of drug-likeness (QED) is 0.716. The van der Waals surface area contributed by atoms with Crippen LogP contribution in [0.2, 0.25) is 0 Å². The van der Waals surface area contributed by atoms with Gasteiger partial charge in [0.25, 0.3) is 10.2 Å². The number of ether oxygens (including phenoxy) is 1. The third kappa shape index (κ3) is 4.84. The molecule has 1 amide bonds. The largest absolute Gasteiger partial charge is 0.444 e. The summed E-state index contributed by atoms with van der Waals surface area (Å²) < 4.78 is 40.0. The Bertz CT molecular complexity index is 920. The van der Waals surface area contributed by atoms with Crippen LogP contribution in [0.1, 0.15) is 30.7 Å². The lowest BCUT2D eigenvalue weighted by Gasteiger charge is -2.40. The van der Waals surface area contributed by atoms with E-state index in [-0.39, 0.29) is 30.5 Å². The molecular formula is C19H29N5O5S. The molecule has 2 fully saturated rings. The van der Waals surface area contributed by atoms with Gasteiger partial charge >= 0.3 is 0 Å². The minimum Gasteiger partial charge on any atom is -0.444 e. The first kappa shape index (κ1) is 22.7. The molecule has 2 unspecified atom stereocenters. The molecule has 10 nitrogen and oxygen atoms in total. The number of nitrogens with zero attached hydrogens (tertiary/aromatic N) is 4. The second-order valence-corrected chi connectivity index (χ2v) is 9.83. The molecule has 1 aromatic heterocycles. The Morgan fingerprint density at radius 2 is 1.73 bits per heavy atom. The van der Waals surface area contributed by atoms with E-state index in [2.05, 4.69) is 5.32 Å². The van der Waals surface area contributed by atoms with Crippen molar-refractivity contribution in [2.24, 2.45) is 0 Å². The van der Waals surface area contributed by atoms with Gasteiger partial charge in [-0.05, 0) is 27.7 Å². The first-order valence-corrected chi connectivity index (χ1v) is 11.4. The van der Waals surface area contributed by atoms with E-state index >= 15 is 0 Å². The molecule has 2 aliphatic rings. The third-order valence-electron chi connectivity index (χ3n) is 5.49. The number of rotatable bonds is 5. The molecule has 3 heterocycles. The Morgan fingerprint density at radius 3 is 2.30 bits per heavy atom. The normalized spacial score (nSPS) is 24.5. The summed E-state index contributed by atoms with van der Waals surface area (Å²) >= 11 is 0. The third-order valence-corrected chi connectivity index (χ3v) is 7.46. The fraction of sp³-hybridized carbons (Fsp3) is 0.684. The van der Waals surface area contributed by atoms with Gasteiger partial charge in [-0.2, -0.15) is 22.3 Å². The number of piperazine rings is 1. The van der Waals surface area contributed by atoms with Crippen molar-refractivity contribution >= 4 is 22.0 Å². The van der Waals surface area contributed by atoms with Crippen molar-refractivity contribution < 1.29 is 22.4 Å². The predicted octanol–water partition coefficient (Wildman–Crippen LogP) is 0.678. The maximum atomic E-state index is 13.0. The van der Waals surface area contributed by atoms with Crippen LogP contribution in [0, 0.1) is 25.2 Å². The summed E-state index contributed by atoms with van der Waals surface area (Å²) in [6.45, 7) is 9.57. The van der Waals surface area contributed by atoms with E-state index in [1.54, 1.807) is 13.8 Å². The van der Waals surface area contributed by atoms with Crippen LogP contribution >= 0.6 is 0 Å². The van der Waals surface area contributed by atoms with Gasteiger partial charge in [-0.1, -0.05) is 0 Å². The molecule has 2 saturated heterocycles. The SMILES string of the molecule is Cc1oc(NC(=O)CN2CCN(S(=O)(=O)N3CC(C)OC(C)C3)CC2)c(C#N)c1C. The Hall–Kier alpha value is -1.97. The van der Waals surface area contributed by atoms with Crippen LogP contribution in [0.5, 0.6) is 0 Å². The van der Waals surface area contributed by atoms with Crippen molar-refractivity contribution in [3.63, 3.8) is 0 Å². The highest BCUT2D eigenvalue weighted by Gasteiger charge is 2.36. The highest BCUT2D eigenvalue weighted by Crippen LogP contribution is 2.25. The molecule has 0 bridgehead atoms. The molecule has 2 atom stereocenters. The minimum atomic E-state index is -3.55. The van der Waals surface area contributed by atoms with Gasteiger partial charge < -0.3 is 9.15 Å². The van der Waals surface area contributed by atoms with Gasteiger partial charge in [0.1, 0.15) is 17.4 Å². The smallest absolute Gasteiger partial charge is 0.282 e. The summed E-state index contributed by atoms with van der Waals surface area (Å²) in [4.78, 5) is 14.3. The van der Waals surface area contributed by atoms with Gasteiger partial charge in [0.15, 0.2) is 0 Å². The topological polar surface area (TPSA) is 119 Å². The van der Waals surface area contributed by atoms with Crippen LogP contribution in [0.3, 0.4) is 0 Å². The zero-order valence-electron chi connectivity index (χ0n) is 17.8. The lowest BCUT2D eigenvalue weighted by Crippen LogP contribution is -2.57. The highest BCUT2D eigenvalue weighted by molar-refractivity contribution is 7.86. The summed E-state index contributed by atoms with van der Waals surface area (Å²) in [5, 5.41) is 11.9. The Balaban J connectivity index is 1.54. The molecule has 1 aromatic rings. The van der Waals surface area contributed by atoms with Crippen molar-refractivity contribution in [1.82, 2.24) is 13.5 Å². The number of furan rings is 1. The van der Waals surface area contributed by atoms with Gasteiger partial charge in [0.05, 0.1) is 18.8 Å². The van der Waals surface area contributed by atoms with Crippen LogP contribution < -0.4 is 5.32 Å².